The number of pyridine rings is 3. The summed E-state index contributed by atoms with van der Waals surface area (Å²) in [4.78, 5) is 21.4. The molecule has 0 amide bonds. The second-order valence-electron chi connectivity index (χ2n) is 6.56. The molecule has 0 spiro atoms. The minimum Gasteiger partial charge on any atom is -0.335 e. The molecule has 6 aromatic rings. The number of fused-ring (bicyclic) bond motifs is 2. The Bertz CT molecular complexity index is 1450. The maximum Gasteiger partial charge on any atom is 0.178 e. The molecule has 0 aliphatic carbocycles. The van der Waals surface area contributed by atoms with Gasteiger partial charge in [-0.1, -0.05) is 0 Å². The van der Waals surface area contributed by atoms with Crippen LogP contribution in [0.2, 0.25) is 0 Å². The molecule has 29 heavy (non-hydrogen) atoms. The first kappa shape index (κ1) is 16.1. The van der Waals surface area contributed by atoms with Gasteiger partial charge in [0.1, 0.15) is 5.52 Å². The fourth-order valence-electron chi connectivity index (χ4n) is 3.43. The van der Waals surface area contributed by atoms with Gasteiger partial charge in [0.05, 0.1) is 16.7 Å². The summed E-state index contributed by atoms with van der Waals surface area (Å²) in [7, 11) is 0. The first-order valence-corrected chi connectivity index (χ1v) is 9.94. The van der Waals surface area contributed by atoms with E-state index in [1.807, 2.05) is 30.3 Å². The monoisotopic (exact) mass is 395 g/mol. The Morgan fingerprint density at radius 2 is 1.79 bits per heavy atom. The zero-order valence-corrected chi connectivity index (χ0v) is 15.8. The van der Waals surface area contributed by atoms with Crippen molar-refractivity contribution >= 4 is 33.5 Å². The Kier molecular flexibility index (Phi) is 3.50. The molecule has 0 aliphatic heterocycles. The van der Waals surface area contributed by atoms with Crippen LogP contribution in [0, 0.1) is 0 Å². The van der Waals surface area contributed by atoms with Crippen molar-refractivity contribution in [2.45, 2.75) is 0 Å². The molecule has 0 atom stereocenters. The Hall–Kier alpha value is -3.91. The zero-order chi connectivity index (χ0) is 19.2. The molecule has 7 nitrogen and oxygen atoms in total. The third-order valence-corrected chi connectivity index (χ3v) is 5.52. The maximum atomic E-state index is 4.82. The number of rotatable bonds is 3. The van der Waals surface area contributed by atoms with Gasteiger partial charge >= 0.3 is 0 Å². The van der Waals surface area contributed by atoms with E-state index >= 15 is 0 Å². The lowest BCUT2D eigenvalue weighted by Gasteiger charge is -2.00. The summed E-state index contributed by atoms with van der Waals surface area (Å²) >= 11 is 1.66. The van der Waals surface area contributed by atoms with Gasteiger partial charge in [-0.15, -0.1) is 0 Å². The number of aromatic nitrogens is 7. The highest BCUT2D eigenvalue weighted by atomic mass is 32.1. The molecule has 0 fully saturated rings. The second kappa shape index (κ2) is 6.32. The summed E-state index contributed by atoms with van der Waals surface area (Å²) < 4.78 is 0. The molecule has 2 N–H and O–H groups in total. The van der Waals surface area contributed by atoms with E-state index < -0.39 is 0 Å². The molecule has 0 saturated carbocycles. The SMILES string of the molecule is c1cc(-c2ccc3[nH]nc(-c4nc5nccc(-c6ccsc6)c5[nH]4)c3n2)ccn1. The van der Waals surface area contributed by atoms with Gasteiger partial charge in [0.15, 0.2) is 17.2 Å². The molecule has 0 aromatic carbocycles. The van der Waals surface area contributed by atoms with Gasteiger partial charge in [0.2, 0.25) is 0 Å². The van der Waals surface area contributed by atoms with Crippen LogP contribution in [0.1, 0.15) is 0 Å². The average Bonchev–Trinajstić information content (AvgIpc) is 3.52. The van der Waals surface area contributed by atoms with Crippen LogP contribution in [0.3, 0.4) is 0 Å². The standard InChI is InChI=1S/C21H13N7S/c1-2-16-18(24-15(1)12-3-7-22-8-4-12)19(28-27-16)21-25-17-14(13-6-10-29-11-13)5-9-23-20(17)26-21/h1-11H,(H,27,28)(H,23,25,26). The number of hydrogen-bond acceptors (Lipinski definition) is 6. The van der Waals surface area contributed by atoms with Crippen LogP contribution in [0.25, 0.3) is 56.1 Å². The van der Waals surface area contributed by atoms with Gasteiger partial charge in [-0.25, -0.2) is 15.0 Å². The predicted molar refractivity (Wildman–Crippen MR) is 113 cm³/mol. The summed E-state index contributed by atoms with van der Waals surface area (Å²) in [5.41, 5.74) is 7.90. The number of H-pyrrole nitrogens is 2. The summed E-state index contributed by atoms with van der Waals surface area (Å²) in [5, 5.41) is 11.7. The summed E-state index contributed by atoms with van der Waals surface area (Å²) in [6.07, 6.45) is 5.30. The van der Waals surface area contributed by atoms with E-state index in [-0.39, 0.29) is 0 Å². The third kappa shape index (κ3) is 2.61. The number of nitrogens with one attached hydrogen (secondary N) is 2. The molecule has 0 unspecified atom stereocenters. The topological polar surface area (TPSA) is 96.0 Å². The minimum atomic E-state index is 0.640. The lowest BCUT2D eigenvalue weighted by atomic mass is 10.1. The molecule has 0 bridgehead atoms. The lowest BCUT2D eigenvalue weighted by Crippen LogP contribution is -1.87. The van der Waals surface area contributed by atoms with Gasteiger partial charge in [0.25, 0.3) is 0 Å². The quantitative estimate of drug-likeness (QED) is 0.453. The number of imidazole rings is 1. The summed E-state index contributed by atoms with van der Waals surface area (Å²) in [5.74, 6) is 0.640. The zero-order valence-electron chi connectivity index (χ0n) is 15.0. The van der Waals surface area contributed by atoms with Crippen molar-refractivity contribution in [3.63, 3.8) is 0 Å². The van der Waals surface area contributed by atoms with E-state index in [1.165, 1.54) is 0 Å². The molecule has 0 radical (unpaired) electrons. The van der Waals surface area contributed by atoms with Gasteiger partial charge < -0.3 is 4.98 Å². The summed E-state index contributed by atoms with van der Waals surface area (Å²) in [6.45, 7) is 0. The van der Waals surface area contributed by atoms with Crippen molar-refractivity contribution in [1.29, 1.82) is 0 Å². The highest BCUT2D eigenvalue weighted by Gasteiger charge is 2.17. The van der Waals surface area contributed by atoms with Crippen molar-refractivity contribution in [3.8, 4) is 33.9 Å². The van der Waals surface area contributed by atoms with Crippen LogP contribution >= 0.6 is 11.3 Å². The lowest BCUT2D eigenvalue weighted by molar-refractivity contribution is 1.10. The Morgan fingerprint density at radius 1 is 0.862 bits per heavy atom. The van der Waals surface area contributed by atoms with Crippen LogP contribution in [0.5, 0.6) is 0 Å². The van der Waals surface area contributed by atoms with Crippen LogP contribution in [0.4, 0.5) is 0 Å². The van der Waals surface area contributed by atoms with Crippen molar-refractivity contribution < 1.29 is 0 Å². The average molecular weight is 395 g/mol. The van der Waals surface area contributed by atoms with Crippen LogP contribution in [-0.2, 0) is 0 Å². The molecular weight excluding hydrogens is 382 g/mol. The van der Waals surface area contributed by atoms with E-state index in [9.17, 15) is 0 Å². The van der Waals surface area contributed by atoms with Crippen molar-refractivity contribution in [1.82, 2.24) is 35.1 Å². The number of thiophene rings is 1. The number of aromatic amines is 2. The van der Waals surface area contributed by atoms with E-state index in [4.69, 9.17) is 4.98 Å². The molecule has 6 rings (SSSR count). The van der Waals surface area contributed by atoms with Gasteiger partial charge in [0, 0.05) is 29.7 Å². The van der Waals surface area contributed by atoms with Crippen LogP contribution in [-0.4, -0.2) is 35.1 Å². The van der Waals surface area contributed by atoms with Crippen LogP contribution in [0.15, 0.2) is 65.7 Å². The Balaban J connectivity index is 1.53. The van der Waals surface area contributed by atoms with E-state index in [0.29, 0.717) is 17.2 Å². The smallest absolute Gasteiger partial charge is 0.178 e. The predicted octanol–water partition coefficient (Wildman–Crippen LogP) is 4.69. The van der Waals surface area contributed by atoms with E-state index in [0.717, 1.165) is 38.9 Å². The molecular formula is C21H13N7S. The third-order valence-electron chi connectivity index (χ3n) is 4.83. The first-order chi connectivity index (χ1) is 14.4. The van der Waals surface area contributed by atoms with E-state index in [2.05, 4.69) is 47.0 Å². The first-order valence-electron chi connectivity index (χ1n) is 9.00. The van der Waals surface area contributed by atoms with Gasteiger partial charge in [-0.2, -0.15) is 16.4 Å². The number of hydrogen-bond donors (Lipinski definition) is 2. The maximum absolute atomic E-state index is 4.82. The molecule has 8 heteroatoms. The van der Waals surface area contributed by atoms with Gasteiger partial charge in [-0.3, -0.25) is 10.1 Å². The molecule has 6 aromatic heterocycles. The largest absolute Gasteiger partial charge is 0.335 e. The van der Waals surface area contributed by atoms with Crippen molar-refractivity contribution in [3.05, 3.63) is 65.7 Å². The molecule has 0 saturated heterocycles. The van der Waals surface area contributed by atoms with Crippen molar-refractivity contribution in [2.24, 2.45) is 0 Å². The van der Waals surface area contributed by atoms with E-state index in [1.54, 1.807) is 29.9 Å². The number of nitrogens with zero attached hydrogens (tertiary/aromatic N) is 5. The second-order valence-corrected chi connectivity index (χ2v) is 7.34. The molecule has 6 heterocycles. The fourth-order valence-corrected chi connectivity index (χ4v) is 4.08. The summed E-state index contributed by atoms with van der Waals surface area (Å²) in [6, 6.07) is 11.9. The fraction of sp³-hybridized carbons (Fsp3) is 0. The van der Waals surface area contributed by atoms with Gasteiger partial charge in [-0.05, 0) is 52.7 Å². The highest BCUT2D eigenvalue weighted by Crippen LogP contribution is 2.31. The Labute approximate surface area is 168 Å². The molecule has 0 aliphatic rings. The van der Waals surface area contributed by atoms with Crippen LogP contribution < -0.4 is 0 Å². The van der Waals surface area contributed by atoms with Crippen molar-refractivity contribution in [2.75, 3.05) is 0 Å². The minimum absolute atomic E-state index is 0.640. The highest BCUT2D eigenvalue weighted by molar-refractivity contribution is 7.08. The molecule has 138 valence electrons. The Morgan fingerprint density at radius 3 is 2.66 bits per heavy atom. The normalized spacial score (nSPS) is 11.4.